The van der Waals surface area contributed by atoms with E-state index in [4.69, 9.17) is 20.9 Å². The molecule has 1 unspecified atom stereocenters. The summed E-state index contributed by atoms with van der Waals surface area (Å²) < 4.78 is 12.3. The number of nitrogens with zero attached hydrogens (tertiary/aromatic N) is 22. The van der Waals surface area contributed by atoms with E-state index in [9.17, 15) is 59.6 Å². The van der Waals surface area contributed by atoms with Crippen molar-refractivity contribution in [3.8, 4) is 46.0 Å². The van der Waals surface area contributed by atoms with E-state index in [1.807, 2.05) is 222 Å². The third-order valence-electron chi connectivity index (χ3n) is 23.0. The molecule has 734 valence electrons. The van der Waals surface area contributed by atoms with Crippen molar-refractivity contribution in [1.29, 1.82) is 0 Å². The van der Waals surface area contributed by atoms with Crippen LogP contribution in [0.25, 0.3) is 0 Å². The number of aromatic hydroxyl groups is 6. The third kappa shape index (κ3) is 24.6. The molecule has 3 aliphatic heterocycles. The Morgan fingerprint density at radius 3 is 1.11 bits per heavy atom. The fourth-order valence-corrected chi connectivity index (χ4v) is 15.9. The third-order valence-corrected chi connectivity index (χ3v) is 23.0. The number of aromatic nitrogens is 8. The second kappa shape index (κ2) is 46.6. The van der Waals surface area contributed by atoms with E-state index in [2.05, 4.69) is 106 Å². The van der Waals surface area contributed by atoms with Crippen LogP contribution in [0.2, 0.25) is 0 Å². The Kier molecular flexibility index (Phi) is 31.1. The smallest absolute Gasteiger partial charge is 0.340 e. The van der Waals surface area contributed by atoms with Gasteiger partial charge >= 0.3 is 12.0 Å². The van der Waals surface area contributed by atoms with Gasteiger partial charge in [-0.25, -0.2) is 9.59 Å². The summed E-state index contributed by atoms with van der Waals surface area (Å²) in [5, 5.41) is 103. The number of esters is 1. The maximum Gasteiger partial charge on any atom is 0.340 e. The minimum Gasteiger partial charge on any atom is -0.508 e. The molecule has 40 heteroatoms. The Balaban J connectivity index is 0.000000137. The predicted molar refractivity (Wildman–Crippen MR) is 549 cm³/mol. The topological polar surface area (TPSA) is 558 Å². The van der Waals surface area contributed by atoms with Gasteiger partial charge in [0.25, 0.3) is 11.8 Å². The predicted octanol–water partition coefficient (Wildman–Crippen LogP) is 21.6. The van der Waals surface area contributed by atoms with Crippen molar-refractivity contribution in [1.82, 2.24) is 50.5 Å². The Bertz CT molecular complexity index is 7570. The van der Waals surface area contributed by atoms with Gasteiger partial charge in [0.1, 0.15) is 68.7 Å². The van der Waals surface area contributed by atoms with Gasteiger partial charge < -0.3 is 71.2 Å². The minimum atomic E-state index is -1.41. The highest BCUT2D eigenvalue weighted by molar-refractivity contribution is 6.19. The molecule has 11 heterocycles. The number of azo groups is 4. The zero-order chi connectivity index (χ0) is 103. The van der Waals surface area contributed by atoms with Gasteiger partial charge in [-0.3, -0.25) is 60.1 Å². The molecular weight excluding hydrogens is 1890 g/mol. The quantitative estimate of drug-likeness (QED) is 0.00657. The Hall–Kier alpha value is -20.7. The van der Waals surface area contributed by atoms with Crippen LogP contribution in [-0.2, 0) is 72.3 Å². The number of imide groups is 2. The SMILES string of the molecule is Nc1cc(N=Nc2cc(N=O)c(O)cc2O)ccc1N(Cc1ccccn1)Cc1ccccn1.Nc1ccc(N(Cc2ccccn2)Cc2ccccn2)c(N=Nc2cc(N=O)c(O)cc2O)c1.O=C1NC(=O)C(N=Nc2ccc(N(Cc3ccccn3)Cc3ccccn3)cc2)C(=O)N1.O=C1OC2(c3ccc(O)cc3Oc3cc(O)c(N=Nc4ccc(N(Cc5ccccn5)Cc5ccccn5)cc4)cc32)c2ccccc21. The lowest BCUT2D eigenvalue weighted by Gasteiger charge is -2.36. The summed E-state index contributed by atoms with van der Waals surface area (Å²) >= 11 is 0. The molecule has 1 saturated heterocycles. The lowest BCUT2D eigenvalue weighted by molar-refractivity contribution is -0.131. The molecule has 17 aromatic rings. The number of phenolic OH excluding ortho intramolecular Hbond substituents is 6. The van der Waals surface area contributed by atoms with Crippen molar-refractivity contribution < 1.29 is 59.3 Å². The Morgan fingerprint density at radius 1 is 0.318 bits per heavy atom. The van der Waals surface area contributed by atoms with Gasteiger partial charge in [0.15, 0.2) is 17.0 Å². The van der Waals surface area contributed by atoms with E-state index >= 15 is 0 Å². The number of hydrogen-bond donors (Lipinski definition) is 10. The summed E-state index contributed by atoms with van der Waals surface area (Å²) in [6.45, 7) is 4.30. The number of urea groups is 1. The van der Waals surface area contributed by atoms with Crippen LogP contribution in [0.4, 0.5) is 90.1 Å². The number of nitrogens with two attached hydrogens (primary N) is 2. The zero-order valence-corrected chi connectivity index (χ0v) is 78.2. The Morgan fingerprint density at radius 2 is 0.682 bits per heavy atom. The van der Waals surface area contributed by atoms with Crippen LogP contribution >= 0.6 is 0 Å². The number of pyridine rings is 8. The van der Waals surface area contributed by atoms with Crippen molar-refractivity contribution in [3.05, 3.63) is 437 Å². The van der Waals surface area contributed by atoms with E-state index in [1.54, 1.807) is 110 Å². The van der Waals surface area contributed by atoms with Crippen LogP contribution in [0, 0.1) is 9.81 Å². The summed E-state index contributed by atoms with van der Waals surface area (Å²) in [5.74, 6) is -3.31. The summed E-state index contributed by atoms with van der Waals surface area (Å²) in [7, 11) is 0. The fourth-order valence-electron chi connectivity index (χ4n) is 15.9. The van der Waals surface area contributed by atoms with Crippen LogP contribution in [0.5, 0.6) is 46.0 Å². The van der Waals surface area contributed by atoms with Crippen LogP contribution in [0.3, 0.4) is 0 Å². The van der Waals surface area contributed by atoms with Crippen molar-refractivity contribution in [3.63, 3.8) is 0 Å². The van der Waals surface area contributed by atoms with Crippen molar-refractivity contribution >= 4 is 109 Å². The average Bonchev–Trinajstić information content (AvgIpc) is 1.51. The fraction of sp³-hybridized carbons (Fsp3) is 0.0926. The number of barbiturate groups is 1. The van der Waals surface area contributed by atoms with Gasteiger partial charge in [-0.15, -0.1) is 30.3 Å². The van der Waals surface area contributed by atoms with Gasteiger partial charge in [0.05, 0.1) is 143 Å². The number of anilines is 6. The van der Waals surface area contributed by atoms with E-state index in [-0.39, 0.29) is 57.2 Å². The van der Waals surface area contributed by atoms with Crippen LogP contribution in [0.15, 0.2) is 410 Å². The average molecular weight is 1970 g/mol. The molecule has 8 aromatic heterocycles. The Labute approximate surface area is 843 Å². The number of carbonyl (C=O) groups is 4. The molecule has 9 aromatic carbocycles. The largest absolute Gasteiger partial charge is 0.508 e. The number of phenols is 6. The molecule has 1 fully saturated rings. The summed E-state index contributed by atoms with van der Waals surface area (Å²) in [6.07, 6.45) is 14.0. The molecule has 4 amide bonds. The molecule has 0 aliphatic carbocycles. The number of nitroso groups, excluding NO2 is 2. The van der Waals surface area contributed by atoms with Gasteiger partial charge in [0.2, 0.25) is 6.04 Å². The molecule has 0 radical (unpaired) electrons. The summed E-state index contributed by atoms with van der Waals surface area (Å²) in [6, 6.07) is 88.1. The van der Waals surface area contributed by atoms with Gasteiger partial charge in [-0.2, -0.15) is 20.5 Å². The molecule has 0 saturated carbocycles. The summed E-state index contributed by atoms with van der Waals surface area (Å²) in [4.78, 5) is 113. The number of carbonyl (C=O) groups excluding carboxylic acids is 4. The monoisotopic (exact) mass is 1970 g/mol. The number of hydrogen-bond acceptors (Lipinski definition) is 38. The van der Waals surface area contributed by atoms with E-state index in [1.165, 1.54) is 18.2 Å². The first-order chi connectivity index (χ1) is 72.1. The number of amides is 4. The molecule has 0 bridgehead atoms. The van der Waals surface area contributed by atoms with Crippen LogP contribution in [-0.4, -0.2) is 100 Å². The second-order valence-electron chi connectivity index (χ2n) is 33.1. The molecule has 3 aliphatic rings. The number of rotatable bonds is 30. The highest BCUT2D eigenvalue weighted by Gasteiger charge is 2.54. The van der Waals surface area contributed by atoms with Crippen molar-refractivity contribution in [2.24, 2.45) is 51.3 Å². The zero-order valence-electron chi connectivity index (χ0n) is 78.2. The molecule has 20 rings (SSSR count). The first-order valence-electron chi connectivity index (χ1n) is 45.6. The van der Waals surface area contributed by atoms with Crippen LogP contribution < -0.4 is 46.4 Å². The van der Waals surface area contributed by atoms with Crippen molar-refractivity contribution in [2.45, 2.75) is 64.0 Å². The van der Waals surface area contributed by atoms with Gasteiger partial charge in [-0.05, 0) is 217 Å². The van der Waals surface area contributed by atoms with E-state index in [0.717, 1.165) is 86.9 Å². The maximum absolute atomic E-state index is 13.2. The molecule has 12 N–H and O–H groups in total. The van der Waals surface area contributed by atoms with Crippen molar-refractivity contribution in [2.75, 3.05) is 31.1 Å². The summed E-state index contributed by atoms with van der Waals surface area (Å²) in [5.41, 5.74) is 26.0. The number of fused-ring (bicyclic) bond motifs is 6. The van der Waals surface area contributed by atoms with Gasteiger partial charge in [0, 0.05) is 114 Å². The van der Waals surface area contributed by atoms with Gasteiger partial charge in [-0.1, -0.05) is 66.7 Å². The molecule has 148 heavy (non-hydrogen) atoms. The molecule has 1 atom stereocenters. The van der Waals surface area contributed by atoms with Crippen LogP contribution in [0.1, 0.15) is 72.6 Å². The molecule has 40 nitrogen and oxygen atoms in total. The number of nitrogens with one attached hydrogen (secondary N) is 2. The first-order valence-corrected chi connectivity index (χ1v) is 45.6. The number of ether oxygens (including phenoxy) is 2. The van der Waals surface area contributed by atoms with E-state index < -0.39 is 47.0 Å². The number of nitrogen functional groups attached to an aromatic ring is 2. The van der Waals surface area contributed by atoms with E-state index in [0.29, 0.717) is 120 Å². The lowest BCUT2D eigenvalue weighted by atomic mass is 9.77. The lowest BCUT2D eigenvalue weighted by Crippen LogP contribution is -2.57. The minimum absolute atomic E-state index is 0.0118. The highest BCUT2D eigenvalue weighted by Crippen LogP contribution is 2.59. The maximum atomic E-state index is 13.2. The normalized spacial score (nSPS) is 13.2. The first kappa shape index (κ1) is 98.8. The second-order valence-corrected chi connectivity index (χ2v) is 33.1. The standard InChI is InChI=1S/C38H27N5O5.2C24H21N7O3.C22H19N7O3/c44-28-15-16-31-35(19-28)47-36-21-34(45)33(20-32(36)38(31)30-10-2-1-9-29(30)37(46)48-38)42-41-24-11-13-27(14-12-24)43(22-25-7-3-5-17-39-25)23-26-8-4-6-18-40-26;25-19-11-16(28-29-20-12-21(30-34)24(33)13-23(20)32)7-8-22(19)31(14-17-5-1-3-9-26-17)15-18-6-2-4-10-27-18;25-16-7-8-22(19(11-16)28-29-20-12-21(30-34)24(33)13-23(20)32)31(14-17-5-1-3-9-26-17)15-18-6-2-4-10-27-18;30-20-19(21(31)26-22(32)25-20)28-27-15-7-9-18(10-8-15)29(13-16-5-1-3-11-23-16)14-17-6-2-4-12-24-17/h1-21,44-45H,22-23H2;2*1-13,32-33H,14-15,25H2;1-12,19H,13-14H2,(H2,25,26,30,31,32). The molecular formula is C108H88N26O14. The highest BCUT2D eigenvalue weighted by atomic mass is 16.6. The molecule has 1 spiro atoms. The number of benzene rings is 9.